The molecule has 9 heavy (non-hydrogen) atoms. The van der Waals surface area contributed by atoms with Crippen molar-refractivity contribution in [1.82, 2.24) is 0 Å². The number of hydrogen-bond acceptors (Lipinski definition) is 4. The summed E-state index contributed by atoms with van der Waals surface area (Å²) in [6, 6.07) is 0. The molecule has 54 valence electrons. The molecule has 0 bridgehead atoms. The summed E-state index contributed by atoms with van der Waals surface area (Å²) in [6.45, 7) is 0. The smallest absolute Gasteiger partial charge is 0.822 e. The molecule has 0 aromatic heterocycles. The van der Waals surface area contributed by atoms with E-state index < -0.39 is 7.82 Å². The van der Waals surface area contributed by atoms with Crippen molar-refractivity contribution < 1.29 is 66.1 Å². The molecule has 9 heteroatoms. The zero-order chi connectivity index (χ0) is 4.50. The van der Waals surface area contributed by atoms with Crippen molar-refractivity contribution in [2.24, 2.45) is 0 Å². The van der Waals surface area contributed by atoms with Gasteiger partial charge in [-0.2, -0.15) is 7.82 Å². The van der Waals surface area contributed by atoms with Gasteiger partial charge >= 0.3 is 35.9 Å². The van der Waals surface area contributed by atoms with E-state index in [1.807, 2.05) is 0 Å². The third kappa shape index (κ3) is 355. The van der Waals surface area contributed by atoms with Gasteiger partial charge in [0, 0.05) is 0 Å². The molecular weight excluding hydrogens is 190 g/mol. The molecule has 0 aliphatic rings. The molecule has 6 nitrogen and oxygen atoms in total. The van der Waals surface area contributed by atoms with Crippen molar-refractivity contribution >= 4 is 7.82 Å². The fraction of sp³-hybridized carbons (Fsp3) is 0. The first-order valence-corrected chi connectivity index (χ1v) is 2.19. The molecule has 0 amide bonds. The van der Waals surface area contributed by atoms with Crippen LogP contribution in [0, 0.1) is 0 Å². The van der Waals surface area contributed by atoms with Gasteiger partial charge in [0.05, 0.1) is 0 Å². The molecule has 0 saturated carbocycles. The third-order valence-corrected chi connectivity index (χ3v) is 0. The summed E-state index contributed by atoms with van der Waals surface area (Å²) < 4.78 is 8.55. The SMILES string of the molecule is O.O.O=P([O-])([O-])[O-].[Fe+2].[Li+]. The maximum absolute atomic E-state index is 8.55. The van der Waals surface area contributed by atoms with Crippen molar-refractivity contribution in [3.8, 4) is 0 Å². The van der Waals surface area contributed by atoms with Gasteiger partial charge in [-0.3, -0.25) is 0 Å². The van der Waals surface area contributed by atoms with Crippen molar-refractivity contribution in [3.05, 3.63) is 0 Å². The Balaban J connectivity index is -0.0000000133. The molecule has 0 aromatic carbocycles. The van der Waals surface area contributed by atoms with E-state index in [9.17, 15) is 0 Å². The Bertz CT molecular complexity index is 59.2. The Morgan fingerprint density at radius 2 is 1.00 bits per heavy atom. The van der Waals surface area contributed by atoms with Crippen LogP contribution in [0.15, 0.2) is 0 Å². The molecule has 0 unspecified atom stereocenters. The topological polar surface area (TPSA) is 149 Å². The second kappa shape index (κ2) is 11.9. The number of hydrogen-bond donors (Lipinski definition) is 0. The minimum atomic E-state index is -5.39. The Kier molecular flexibility index (Phi) is 42.3. The van der Waals surface area contributed by atoms with Gasteiger partial charge in [-0.15, -0.1) is 0 Å². The summed E-state index contributed by atoms with van der Waals surface area (Å²) in [4.78, 5) is 25.6. The van der Waals surface area contributed by atoms with Gasteiger partial charge in [-0.1, -0.05) is 0 Å². The van der Waals surface area contributed by atoms with Crippen molar-refractivity contribution in [3.63, 3.8) is 0 Å². The van der Waals surface area contributed by atoms with Crippen molar-refractivity contribution in [1.29, 1.82) is 0 Å². The van der Waals surface area contributed by atoms with Crippen LogP contribution in [0.5, 0.6) is 0 Å². The van der Waals surface area contributed by atoms with Crippen LogP contribution in [0.3, 0.4) is 0 Å². The molecule has 4 N–H and O–H groups in total. The van der Waals surface area contributed by atoms with E-state index in [2.05, 4.69) is 0 Å². The van der Waals surface area contributed by atoms with Crippen LogP contribution in [-0.4, -0.2) is 11.0 Å². The van der Waals surface area contributed by atoms with E-state index in [1.165, 1.54) is 0 Å². The van der Waals surface area contributed by atoms with E-state index in [0.29, 0.717) is 0 Å². The third-order valence-electron chi connectivity index (χ3n) is 0. The fourth-order valence-electron chi connectivity index (χ4n) is 0. The first kappa shape index (κ1) is 32.0. The molecule has 0 aliphatic heterocycles. The molecule has 0 saturated heterocycles. The van der Waals surface area contributed by atoms with Gasteiger partial charge in [0.15, 0.2) is 0 Å². The van der Waals surface area contributed by atoms with E-state index in [0.717, 1.165) is 0 Å². The predicted octanol–water partition coefficient (Wildman–Crippen LogP) is -7.47. The summed E-state index contributed by atoms with van der Waals surface area (Å²) >= 11 is 0. The molecule has 0 atom stereocenters. The number of phosphoric acid groups is 1. The van der Waals surface area contributed by atoms with Gasteiger partial charge < -0.3 is 30.2 Å². The minimum Gasteiger partial charge on any atom is -0.822 e. The summed E-state index contributed by atoms with van der Waals surface area (Å²) in [7, 11) is -5.39. The van der Waals surface area contributed by atoms with Gasteiger partial charge in [-0.05, 0) is 0 Å². The average molecular weight is 194 g/mol. The van der Waals surface area contributed by atoms with Crippen LogP contribution in [-0.2, 0) is 21.6 Å². The van der Waals surface area contributed by atoms with E-state index >= 15 is 0 Å². The standard InChI is InChI=1S/Fe.Li.H3O4P.2H2O/c;;1-5(2,3)4;;/h;;(H3,1,2,3,4);2*1H2/q+2;+1;;;/p-3. The van der Waals surface area contributed by atoms with Gasteiger partial charge in [0.25, 0.3) is 0 Å². The Hall–Kier alpha value is 1.15. The van der Waals surface area contributed by atoms with E-state index in [4.69, 9.17) is 19.2 Å². The Morgan fingerprint density at radius 1 is 1.00 bits per heavy atom. The molecular formula is H4FeLiO6P. The van der Waals surface area contributed by atoms with Crippen LogP contribution in [0.25, 0.3) is 0 Å². The van der Waals surface area contributed by atoms with Crippen LogP contribution in [0.1, 0.15) is 0 Å². The molecule has 0 fully saturated rings. The quantitative estimate of drug-likeness (QED) is 0.277. The average Bonchev–Trinajstić information content (AvgIpc) is 0.722. The summed E-state index contributed by atoms with van der Waals surface area (Å²) in [5.41, 5.74) is 0. The molecule has 0 rings (SSSR count). The first-order valence-electron chi connectivity index (χ1n) is 0.730. The molecule has 0 spiro atoms. The summed E-state index contributed by atoms with van der Waals surface area (Å²) in [5.74, 6) is 0. The predicted molar refractivity (Wildman–Crippen MR) is 14.8 cm³/mol. The van der Waals surface area contributed by atoms with Crippen LogP contribution in [0.4, 0.5) is 0 Å². The van der Waals surface area contributed by atoms with E-state index in [1.54, 1.807) is 0 Å². The molecule has 0 radical (unpaired) electrons. The maximum Gasteiger partial charge on any atom is 2.00 e. The zero-order valence-electron chi connectivity index (χ0n) is 4.43. The first-order chi connectivity index (χ1) is 2.00. The Morgan fingerprint density at radius 3 is 1.00 bits per heavy atom. The Labute approximate surface area is 74.2 Å². The van der Waals surface area contributed by atoms with Gasteiger partial charge in [-0.25, -0.2) is 0 Å². The molecule has 0 heterocycles. The van der Waals surface area contributed by atoms with Crippen LogP contribution in [0.2, 0.25) is 0 Å². The molecule has 0 aromatic rings. The van der Waals surface area contributed by atoms with Crippen molar-refractivity contribution in [2.75, 3.05) is 0 Å². The zero-order valence-corrected chi connectivity index (χ0v) is 6.43. The van der Waals surface area contributed by atoms with Gasteiger partial charge in [0.1, 0.15) is 0 Å². The largest absolute Gasteiger partial charge is 2.00 e. The summed E-state index contributed by atoms with van der Waals surface area (Å²) in [6.07, 6.45) is 0. The van der Waals surface area contributed by atoms with Crippen molar-refractivity contribution in [2.45, 2.75) is 0 Å². The minimum absolute atomic E-state index is 0. The monoisotopic (exact) mass is 194 g/mol. The van der Waals surface area contributed by atoms with Crippen LogP contribution < -0.4 is 33.5 Å². The summed E-state index contributed by atoms with van der Waals surface area (Å²) in [5, 5.41) is 0. The van der Waals surface area contributed by atoms with Crippen LogP contribution >= 0.6 is 7.82 Å². The second-order valence-electron chi connectivity index (χ2n) is 0.447. The molecule has 0 aliphatic carbocycles. The number of rotatable bonds is 0. The maximum atomic E-state index is 8.55. The normalized spacial score (nSPS) is 6.56. The fourth-order valence-corrected chi connectivity index (χ4v) is 0. The van der Waals surface area contributed by atoms with E-state index in [-0.39, 0.29) is 46.9 Å². The van der Waals surface area contributed by atoms with Gasteiger partial charge in [0.2, 0.25) is 0 Å². The second-order valence-corrected chi connectivity index (χ2v) is 1.34.